The number of carbonyl (C=O) groups is 1. The van der Waals surface area contributed by atoms with Crippen LogP contribution in [-0.2, 0) is 11.3 Å². The minimum atomic E-state index is -0.489. The number of aryl methyl sites for hydroxylation is 1. The van der Waals surface area contributed by atoms with E-state index in [4.69, 9.17) is 4.52 Å². The molecule has 0 radical (unpaired) electrons. The molecule has 140 valence electrons. The Hall–Kier alpha value is -2.09. The van der Waals surface area contributed by atoms with Gasteiger partial charge in [0.15, 0.2) is 5.96 Å². The van der Waals surface area contributed by atoms with E-state index in [-0.39, 0.29) is 5.91 Å². The summed E-state index contributed by atoms with van der Waals surface area (Å²) in [6.07, 6.45) is 0. The Morgan fingerprint density at radius 1 is 1.36 bits per heavy atom. The second-order valence-electron chi connectivity index (χ2n) is 7.06. The van der Waals surface area contributed by atoms with Crippen molar-refractivity contribution in [2.24, 2.45) is 10.4 Å². The molecule has 8 heteroatoms. The Balaban J connectivity index is 1.82. The number of rotatable bonds is 5. The molecule has 0 unspecified atom stereocenters. The molecule has 2 rings (SSSR count). The van der Waals surface area contributed by atoms with Crippen molar-refractivity contribution in [1.29, 1.82) is 0 Å². The lowest BCUT2D eigenvalue weighted by Gasteiger charge is -2.37. The van der Waals surface area contributed by atoms with Crippen LogP contribution in [0.25, 0.3) is 0 Å². The maximum Gasteiger partial charge on any atom is 0.227 e. The summed E-state index contributed by atoms with van der Waals surface area (Å²) in [7, 11) is 3.44. The number of carbonyl (C=O) groups excluding carboxylic acids is 1. The average Bonchev–Trinajstić information content (AvgIpc) is 3.00. The molecular weight excluding hydrogens is 320 g/mol. The lowest BCUT2D eigenvalue weighted by molar-refractivity contribution is -0.128. The van der Waals surface area contributed by atoms with Crippen molar-refractivity contribution in [2.75, 3.05) is 46.8 Å². The highest BCUT2D eigenvalue weighted by atomic mass is 16.5. The number of nitrogens with zero attached hydrogens (tertiary/aromatic N) is 4. The predicted octanol–water partition coefficient (Wildman–Crippen LogP) is 0.448. The van der Waals surface area contributed by atoms with Crippen LogP contribution in [0.5, 0.6) is 0 Å². The third-order valence-corrected chi connectivity index (χ3v) is 4.48. The first-order valence-corrected chi connectivity index (χ1v) is 8.68. The summed E-state index contributed by atoms with van der Waals surface area (Å²) >= 11 is 0. The van der Waals surface area contributed by atoms with Gasteiger partial charge in [0.05, 0.1) is 11.1 Å². The molecule has 0 spiro atoms. The molecule has 2 N–H and O–H groups in total. The van der Waals surface area contributed by atoms with Crippen LogP contribution in [0.3, 0.4) is 0 Å². The highest BCUT2D eigenvalue weighted by Gasteiger charge is 2.28. The van der Waals surface area contributed by atoms with Gasteiger partial charge >= 0.3 is 0 Å². The number of aliphatic imine (C=N–C) groups is 1. The molecule has 25 heavy (non-hydrogen) atoms. The van der Waals surface area contributed by atoms with Crippen LogP contribution in [-0.4, -0.2) is 73.6 Å². The molecule has 1 saturated heterocycles. The predicted molar refractivity (Wildman–Crippen MR) is 97.3 cm³/mol. The third kappa shape index (κ3) is 5.19. The molecule has 0 aromatic carbocycles. The van der Waals surface area contributed by atoms with Crippen molar-refractivity contribution in [1.82, 2.24) is 25.6 Å². The Labute approximate surface area is 149 Å². The molecule has 1 amide bonds. The summed E-state index contributed by atoms with van der Waals surface area (Å²) < 4.78 is 5.13. The number of piperazine rings is 1. The average molecular weight is 350 g/mol. The Bertz CT molecular complexity index is 602. The van der Waals surface area contributed by atoms with Crippen LogP contribution in [0.4, 0.5) is 0 Å². The first-order valence-electron chi connectivity index (χ1n) is 8.68. The highest BCUT2D eigenvalue weighted by Crippen LogP contribution is 2.14. The Morgan fingerprint density at radius 2 is 2.04 bits per heavy atom. The number of nitrogens with one attached hydrogen (secondary N) is 2. The fraction of sp³-hybridized carbons (Fsp3) is 0.706. The molecule has 1 aromatic rings. The van der Waals surface area contributed by atoms with E-state index in [9.17, 15) is 4.79 Å². The molecule has 0 aliphatic carbocycles. The summed E-state index contributed by atoms with van der Waals surface area (Å²) in [5.41, 5.74) is 0.484. The molecule has 0 saturated carbocycles. The first-order chi connectivity index (χ1) is 11.9. The smallest absolute Gasteiger partial charge is 0.227 e. The van der Waals surface area contributed by atoms with Crippen molar-refractivity contribution < 1.29 is 9.32 Å². The van der Waals surface area contributed by atoms with E-state index in [0.29, 0.717) is 6.54 Å². The minimum Gasteiger partial charge on any atom is -0.361 e. The zero-order valence-electron chi connectivity index (χ0n) is 15.9. The van der Waals surface area contributed by atoms with E-state index >= 15 is 0 Å². The summed E-state index contributed by atoms with van der Waals surface area (Å²) in [4.78, 5) is 20.9. The lowest BCUT2D eigenvalue weighted by Crippen LogP contribution is -2.54. The van der Waals surface area contributed by atoms with Crippen LogP contribution in [0.2, 0.25) is 0 Å². The lowest BCUT2D eigenvalue weighted by atomic mass is 9.92. The van der Waals surface area contributed by atoms with E-state index in [0.717, 1.165) is 50.1 Å². The van der Waals surface area contributed by atoms with Crippen LogP contribution >= 0.6 is 0 Å². The van der Waals surface area contributed by atoms with Crippen molar-refractivity contribution >= 4 is 11.9 Å². The van der Waals surface area contributed by atoms with Gasteiger partial charge in [-0.3, -0.25) is 14.7 Å². The zero-order valence-corrected chi connectivity index (χ0v) is 15.9. The zero-order chi connectivity index (χ0) is 18.4. The maximum atomic E-state index is 11.9. The summed E-state index contributed by atoms with van der Waals surface area (Å²) in [6.45, 7) is 10.7. The molecule has 1 fully saturated rings. The standard InChI is InChI=1S/C17H30N6O2/c1-13-10-14(21-25-13)11-22-6-8-23(9-7-22)16(19-5)20-12-17(2,3)15(24)18-4/h10H,6-9,11-12H2,1-5H3,(H,18,24)(H,19,20). The number of hydrogen-bond donors (Lipinski definition) is 2. The van der Waals surface area contributed by atoms with Crippen molar-refractivity contribution in [3.63, 3.8) is 0 Å². The third-order valence-electron chi connectivity index (χ3n) is 4.48. The van der Waals surface area contributed by atoms with Gasteiger partial charge in [-0.2, -0.15) is 0 Å². The summed E-state index contributed by atoms with van der Waals surface area (Å²) in [5.74, 6) is 1.70. The molecule has 2 heterocycles. The largest absolute Gasteiger partial charge is 0.361 e. The van der Waals surface area contributed by atoms with Gasteiger partial charge in [-0.1, -0.05) is 5.16 Å². The van der Waals surface area contributed by atoms with Crippen LogP contribution < -0.4 is 10.6 Å². The number of guanidine groups is 1. The molecule has 1 aliphatic heterocycles. The first kappa shape index (κ1) is 19.2. The normalized spacial score (nSPS) is 16.8. The van der Waals surface area contributed by atoms with E-state index in [1.54, 1.807) is 14.1 Å². The van der Waals surface area contributed by atoms with E-state index in [1.807, 2.05) is 26.8 Å². The van der Waals surface area contributed by atoms with Crippen molar-refractivity contribution in [3.8, 4) is 0 Å². The molecule has 0 atom stereocenters. The van der Waals surface area contributed by atoms with Crippen LogP contribution in [0, 0.1) is 12.3 Å². The Kier molecular flexibility index (Phi) is 6.41. The second kappa shape index (κ2) is 8.33. The number of amides is 1. The highest BCUT2D eigenvalue weighted by molar-refractivity contribution is 5.84. The molecule has 1 aliphatic rings. The quantitative estimate of drug-likeness (QED) is 0.592. The van der Waals surface area contributed by atoms with Gasteiger partial charge < -0.3 is 20.1 Å². The Morgan fingerprint density at radius 3 is 2.56 bits per heavy atom. The molecule has 0 bridgehead atoms. The van der Waals surface area contributed by atoms with Gasteiger partial charge in [0.1, 0.15) is 5.76 Å². The van der Waals surface area contributed by atoms with Crippen LogP contribution in [0.1, 0.15) is 25.3 Å². The minimum absolute atomic E-state index is 0.0168. The number of aromatic nitrogens is 1. The van der Waals surface area contributed by atoms with Gasteiger partial charge in [0.2, 0.25) is 5.91 Å². The van der Waals surface area contributed by atoms with Gasteiger partial charge in [-0.25, -0.2) is 0 Å². The van der Waals surface area contributed by atoms with Gasteiger partial charge in [0, 0.05) is 59.4 Å². The second-order valence-corrected chi connectivity index (χ2v) is 7.06. The fourth-order valence-electron chi connectivity index (χ4n) is 2.89. The summed E-state index contributed by atoms with van der Waals surface area (Å²) in [5, 5.41) is 10.1. The van der Waals surface area contributed by atoms with E-state index < -0.39 is 5.41 Å². The SMILES string of the molecule is CN=C(NCC(C)(C)C(=O)NC)N1CCN(Cc2cc(C)on2)CC1. The van der Waals surface area contributed by atoms with E-state index in [1.165, 1.54) is 0 Å². The summed E-state index contributed by atoms with van der Waals surface area (Å²) in [6, 6.07) is 1.98. The van der Waals surface area contributed by atoms with Gasteiger partial charge in [0.25, 0.3) is 0 Å². The molecule has 8 nitrogen and oxygen atoms in total. The van der Waals surface area contributed by atoms with Crippen molar-refractivity contribution in [2.45, 2.75) is 27.3 Å². The van der Waals surface area contributed by atoms with Crippen molar-refractivity contribution in [3.05, 3.63) is 17.5 Å². The topological polar surface area (TPSA) is 86.0 Å². The van der Waals surface area contributed by atoms with Gasteiger partial charge in [-0.15, -0.1) is 0 Å². The van der Waals surface area contributed by atoms with Gasteiger partial charge in [-0.05, 0) is 20.8 Å². The number of hydrogen-bond acceptors (Lipinski definition) is 5. The fourth-order valence-corrected chi connectivity index (χ4v) is 2.89. The molecule has 1 aromatic heterocycles. The van der Waals surface area contributed by atoms with E-state index in [2.05, 4.69) is 30.6 Å². The van der Waals surface area contributed by atoms with Crippen LogP contribution in [0.15, 0.2) is 15.6 Å². The molecular formula is C17H30N6O2. The maximum absolute atomic E-state index is 11.9. The monoisotopic (exact) mass is 350 g/mol.